The van der Waals surface area contributed by atoms with Gasteiger partial charge in [-0.05, 0) is 24.3 Å². The van der Waals surface area contributed by atoms with E-state index < -0.39 is 24.6 Å². The number of ether oxygens (including phenoxy) is 2. The maximum Gasteiger partial charge on any atom is 0.416 e. The van der Waals surface area contributed by atoms with Crippen LogP contribution in [0.4, 0.5) is 10.5 Å². The summed E-state index contributed by atoms with van der Waals surface area (Å²) in [6.07, 6.45) is -0.758. The number of esters is 1. The summed E-state index contributed by atoms with van der Waals surface area (Å²) in [5.41, 5.74) is 0.784. The topological polar surface area (TPSA) is 102 Å². The number of imide groups is 1. The van der Waals surface area contributed by atoms with Crippen LogP contribution in [0.3, 0.4) is 0 Å². The number of benzene rings is 2. The summed E-state index contributed by atoms with van der Waals surface area (Å²) in [5, 5.41) is 2.65. The van der Waals surface area contributed by atoms with Gasteiger partial charge >= 0.3 is 12.1 Å². The lowest BCUT2D eigenvalue weighted by atomic mass is 10.1. The molecule has 3 rings (SSSR count). The Morgan fingerprint density at radius 1 is 1.04 bits per heavy atom. The van der Waals surface area contributed by atoms with Gasteiger partial charge in [0, 0.05) is 5.56 Å². The van der Waals surface area contributed by atoms with E-state index in [9.17, 15) is 19.2 Å². The third-order valence-electron chi connectivity index (χ3n) is 3.82. The maximum atomic E-state index is 12.3. The molecule has 1 saturated heterocycles. The van der Waals surface area contributed by atoms with Crippen molar-refractivity contribution < 1.29 is 28.7 Å². The molecule has 2 aromatic carbocycles. The molecule has 0 aliphatic carbocycles. The summed E-state index contributed by atoms with van der Waals surface area (Å²) in [7, 11) is 0. The molecule has 138 valence electrons. The lowest BCUT2D eigenvalue weighted by Crippen LogP contribution is -2.35. The monoisotopic (exact) mass is 368 g/mol. The highest BCUT2D eigenvalue weighted by molar-refractivity contribution is 6.08. The summed E-state index contributed by atoms with van der Waals surface area (Å²) in [5.74, 6) is -1.84. The van der Waals surface area contributed by atoms with E-state index in [1.807, 2.05) is 0 Å². The lowest BCUT2D eigenvalue weighted by Gasteiger charge is -2.13. The van der Waals surface area contributed by atoms with Crippen molar-refractivity contribution in [2.75, 3.05) is 25.1 Å². The van der Waals surface area contributed by atoms with Gasteiger partial charge in [-0.25, -0.2) is 14.5 Å². The Hall–Kier alpha value is -3.68. The normalized spacial score (nSPS) is 13.0. The van der Waals surface area contributed by atoms with Gasteiger partial charge in [-0.2, -0.15) is 0 Å². The number of hydrogen-bond acceptors (Lipinski definition) is 6. The lowest BCUT2D eigenvalue weighted by molar-refractivity contribution is -0.131. The molecule has 0 bridgehead atoms. The molecule has 0 aromatic heterocycles. The number of carbonyl (C=O) groups is 4. The van der Waals surface area contributed by atoms with E-state index in [1.165, 1.54) is 6.07 Å². The van der Waals surface area contributed by atoms with E-state index in [0.717, 1.165) is 4.90 Å². The molecule has 2 aromatic rings. The molecule has 0 radical (unpaired) electrons. The maximum absolute atomic E-state index is 12.3. The minimum Gasteiger partial charge on any atom is -0.452 e. The van der Waals surface area contributed by atoms with Crippen LogP contribution < -0.4 is 5.32 Å². The van der Waals surface area contributed by atoms with Crippen molar-refractivity contribution in [1.29, 1.82) is 0 Å². The van der Waals surface area contributed by atoms with E-state index in [1.54, 1.807) is 48.5 Å². The third-order valence-corrected chi connectivity index (χ3v) is 3.82. The van der Waals surface area contributed by atoms with E-state index in [0.29, 0.717) is 5.56 Å². The van der Waals surface area contributed by atoms with Crippen molar-refractivity contribution in [3.05, 3.63) is 65.7 Å². The fourth-order valence-electron chi connectivity index (χ4n) is 2.46. The van der Waals surface area contributed by atoms with Crippen LogP contribution in [-0.4, -0.2) is 48.5 Å². The first-order chi connectivity index (χ1) is 13.1. The van der Waals surface area contributed by atoms with Crippen LogP contribution in [0.25, 0.3) is 0 Å². The Labute approximate surface area is 154 Å². The Bertz CT molecular complexity index is 881. The van der Waals surface area contributed by atoms with Gasteiger partial charge in [0.2, 0.25) is 0 Å². The summed E-state index contributed by atoms with van der Waals surface area (Å²) in [4.78, 5) is 48.7. The van der Waals surface area contributed by atoms with Crippen molar-refractivity contribution in [3.63, 3.8) is 0 Å². The Kier molecular flexibility index (Phi) is 5.46. The number of cyclic esters (lactones) is 1. The molecule has 27 heavy (non-hydrogen) atoms. The molecule has 1 aliphatic heterocycles. The Balaban J connectivity index is 1.66. The second-order valence-corrected chi connectivity index (χ2v) is 5.60. The molecule has 1 heterocycles. The SMILES string of the molecule is O=C(Nc1ccccc1C(=O)OCC(=O)N1CCOC1=O)c1ccccc1. The van der Waals surface area contributed by atoms with Crippen molar-refractivity contribution in [2.45, 2.75) is 0 Å². The number of nitrogens with zero attached hydrogens (tertiary/aromatic N) is 1. The third kappa shape index (κ3) is 4.30. The number of rotatable bonds is 5. The first kappa shape index (κ1) is 18.1. The standard InChI is InChI=1S/C19H16N2O6/c22-16(21-10-11-26-19(21)25)12-27-18(24)14-8-4-5-9-15(14)20-17(23)13-6-2-1-3-7-13/h1-9H,10-12H2,(H,20,23). The van der Waals surface area contributed by atoms with Crippen LogP contribution in [0.1, 0.15) is 20.7 Å². The minimum absolute atomic E-state index is 0.0959. The molecular formula is C19H16N2O6. The molecule has 8 nitrogen and oxygen atoms in total. The Morgan fingerprint density at radius 2 is 1.74 bits per heavy atom. The quantitative estimate of drug-likeness (QED) is 0.811. The Morgan fingerprint density at radius 3 is 2.44 bits per heavy atom. The molecule has 1 aliphatic rings. The number of nitrogens with one attached hydrogen (secondary N) is 1. The molecule has 0 saturated carbocycles. The van der Waals surface area contributed by atoms with E-state index in [-0.39, 0.29) is 30.3 Å². The number of para-hydroxylation sites is 1. The summed E-state index contributed by atoms with van der Waals surface area (Å²) in [6.45, 7) is -0.360. The molecule has 0 atom stereocenters. The zero-order valence-corrected chi connectivity index (χ0v) is 14.2. The van der Waals surface area contributed by atoms with Gasteiger partial charge in [0.25, 0.3) is 11.8 Å². The zero-order chi connectivity index (χ0) is 19.2. The van der Waals surface area contributed by atoms with Crippen molar-refractivity contribution in [2.24, 2.45) is 0 Å². The van der Waals surface area contributed by atoms with Gasteiger partial charge in [-0.1, -0.05) is 30.3 Å². The van der Waals surface area contributed by atoms with Crippen molar-refractivity contribution in [3.8, 4) is 0 Å². The summed E-state index contributed by atoms with van der Waals surface area (Å²) in [6, 6.07) is 14.8. The van der Waals surface area contributed by atoms with Crippen LogP contribution in [0, 0.1) is 0 Å². The number of hydrogen-bond donors (Lipinski definition) is 1. The highest BCUT2D eigenvalue weighted by atomic mass is 16.6. The first-order valence-corrected chi connectivity index (χ1v) is 8.16. The summed E-state index contributed by atoms with van der Waals surface area (Å²) < 4.78 is 9.65. The summed E-state index contributed by atoms with van der Waals surface area (Å²) >= 11 is 0. The number of carbonyl (C=O) groups excluding carboxylic acids is 4. The smallest absolute Gasteiger partial charge is 0.416 e. The van der Waals surface area contributed by atoms with E-state index in [2.05, 4.69) is 10.1 Å². The second-order valence-electron chi connectivity index (χ2n) is 5.60. The molecule has 3 amide bonds. The van der Waals surface area contributed by atoms with E-state index in [4.69, 9.17) is 4.74 Å². The van der Waals surface area contributed by atoms with Crippen LogP contribution in [-0.2, 0) is 14.3 Å². The molecule has 0 spiro atoms. The average molecular weight is 368 g/mol. The first-order valence-electron chi connectivity index (χ1n) is 8.16. The van der Waals surface area contributed by atoms with Crippen molar-refractivity contribution in [1.82, 2.24) is 4.90 Å². The van der Waals surface area contributed by atoms with Gasteiger partial charge in [-0.15, -0.1) is 0 Å². The average Bonchev–Trinajstić information content (AvgIpc) is 3.13. The highest BCUT2D eigenvalue weighted by Crippen LogP contribution is 2.17. The van der Waals surface area contributed by atoms with E-state index >= 15 is 0 Å². The van der Waals surface area contributed by atoms with Crippen LogP contribution >= 0.6 is 0 Å². The molecular weight excluding hydrogens is 352 g/mol. The number of amides is 3. The zero-order valence-electron chi connectivity index (χ0n) is 14.2. The largest absolute Gasteiger partial charge is 0.452 e. The highest BCUT2D eigenvalue weighted by Gasteiger charge is 2.29. The van der Waals surface area contributed by atoms with Gasteiger partial charge in [0.1, 0.15) is 6.61 Å². The van der Waals surface area contributed by atoms with Crippen LogP contribution in [0.5, 0.6) is 0 Å². The van der Waals surface area contributed by atoms with Crippen molar-refractivity contribution >= 4 is 29.6 Å². The minimum atomic E-state index is -0.792. The molecule has 0 unspecified atom stereocenters. The molecule has 1 fully saturated rings. The fraction of sp³-hybridized carbons (Fsp3) is 0.158. The molecule has 8 heteroatoms. The van der Waals surface area contributed by atoms with Gasteiger partial charge in [0.05, 0.1) is 17.8 Å². The predicted molar refractivity (Wildman–Crippen MR) is 94.2 cm³/mol. The fourth-order valence-corrected chi connectivity index (χ4v) is 2.46. The molecule has 1 N–H and O–H groups in total. The van der Waals surface area contributed by atoms with Crippen LogP contribution in [0.2, 0.25) is 0 Å². The van der Waals surface area contributed by atoms with Gasteiger partial charge in [-0.3, -0.25) is 9.59 Å². The second kappa shape index (κ2) is 8.13. The predicted octanol–water partition coefficient (Wildman–Crippen LogP) is 2.07. The van der Waals surface area contributed by atoms with Crippen LogP contribution in [0.15, 0.2) is 54.6 Å². The van der Waals surface area contributed by atoms with Gasteiger partial charge in [0.15, 0.2) is 6.61 Å². The number of anilines is 1. The van der Waals surface area contributed by atoms with Gasteiger partial charge < -0.3 is 14.8 Å².